The van der Waals surface area contributed by atoms with E-state index < -0.39 is 0 Å². The zero-order valence-corrected chi connectivity index (χ0v) is 13.9. The van der Waals surface area contributed by atoms with Crippen LogP contribution in [0.3, 0.4) is 0 Å². The number of amides is 1. The van der Waals surface area contributed by atoms with Crippen molar-refractivity contribution in [3.8, 4) is 11.1 Å². The molecule has 24 heavy (non-hydrogen) atoms. The van der Waals surface area contributed by atoms with Gasteiger partial charge < -0.3 is 5.32 Å². The van der Waals surface area contributed by atoms with Crippen molar-refractivity contribution in [2.75, 3.05) is 0 Å². The van der Waals surface area contributed by atoms with Crippen molar-refractivity contribution in [3.05, 3.63) is 48.0 Å². The van der Waals surface area contributed by atoms with Crippen LogP contribution in [0.5, 0.6) is 0 Å². The number of hydrogen-bond acceptors (Lipinski definition) is 3. The summed E-state index contributed by atoms with van der Waals surface area (Å²) >= 11 is 0. The molecule has 2 heterocycles. The Balaban J connectivity index is 2.05. The summed E-state index contributed by atoms with van der Waals surface area (Å²) in [4.78, 5) is 16.4. The molecule has 6 heteroatoms. The Morgan fingerprint density at radius 1 is 1.25 bits per heavy atom. The SMILES string of the molecule is Cc1nn(CC(=O)NC(C)C)c2nccc(-c3ccc(F)cc3)c12. The summed E-state index contributed by atoms with van der Waals surface area (Å²) in [5.74, 6) is -0.384. The van der Waals surface area contributed by atoms with Gasteiger partial charge in [-0.05, 0) is 50.1 Å². The highest BCUT2D eigenvalue weighted by molar-refractivity contribution is 5.95. The predicted octanol–water partition coefficient (Wildman–Crippen LogP) is 3.07. The van der Waals surface area contributed by atoms with Gasteiger partial charge in [-0.25, -0.2) is 14.1 Å². The molecule has 0 saturated heterocycles. The number of hydrogen-bond donors (Lipinski definition) is 1. The van der Waals surface area contributed by atoms with Gasteiger partial charge in [0.15, 0.2) is 5.65 Å². The van der Waals surface area contributed by atoms with E-state index in [0.29, 0.717) is 5.65 Å². The van der Waals surface area contributed by atoms with E-state index in [2.05, 4.69) is 15.4 Å². The third-order valence-corrected chi connectivity index (χ3v) is 3.71. The smallest absolute Gasteiger partial charge is 0.242 e. The lowest BCUT2D eigenvalue weighted by molar-refractivity contribution is -0.122. The molecule has 2 aromatic heterocycles. The number of aromatic nitrogens is 3. The van der Waals surface area contributed by atoms with Crippen molar-refractivity contribution in [2.45, 2.75) is 33.4 Å². The number of fused-ring (bicyclic) bond motifs is 1. The van der Waals surface area contributed by atoms with Crippen molar-refractivity contribution in [1.82, 2.24) is 20.1 Å². The van der Waals surface area contributed by atoms with Crippen LogP contribution in [0.4, 0.5) is 4.39 Å². The average Bonchev–Trinajstić information content (AvgIpc) is 2.84. The summed E-state index contributed by atoms with van der Waals surface area (Å²) in [6.07, 6.45) is 1.68. The van der Waals surface area contributed by atoms with Crippen LogP contribution in [-0.2, 0) is 11.3 Å². The van der Waals surface area contributed by atoms with Crippen molar-refractivity contribution < 1.29 is 9.18 Å². The molecule has 0 radical (unpaired) electrons. The lowest BCUT2D eigenvalue weighted by Crippen LogP contribution is -2.33. The quantitative estimate of drug-likeness (QED) is 0.801. The summed E-state index contributed by atoms with van der Waals surface area (Å²) in [5, 5.41) is 8.18. The predicted molar refractivity (Wildman–Crippen MR) is 90.9 cm³/mol. The highest BCUT2D eigenvalue weighted by Crippen LogP contribution is 2.29. The molecule has 0 atom stereocenters. The molecule has 3 aromatic rings. The zero-order chi connectivity index (χ0) is 17.3. The molecule has 5 nitrogen and oxygen atoms in total. The Kier molecular flexibility index (Phi) is 4.29. The average molecular weight is 326 g/mol. The van der Waals surface area contributed by atoms with Gasteiger partial charge in [-0.1, -0.05) is 12.1 Å². The first kappa shape index (κ1) is 16.1. The Morgan fingerprint density at radius 3 is 2.62 bits per heavy atom. The fraction of sp³-hybridized carbons (Fsp3) is 0.278. The second-order valence-corrected chi connectivity index (χ2v) is 6.03. The molecule has 0 aliphatic heterocycles. The summed E-state index contributed by atoms with van der Waals surface area (Å²) in [6.45, 7) is 5.82. The van der Waals surface area contributed by atoms with Crippen LogP contribution in [-0.4, -0.2) is 26.7 Å². The standard InChI is InChI=1S/C18H19FN4O/c1-11(2)21-16(24)10-23-18-17(12(3)22-23)15(8-9-20-18)13-4-6-14(19)7-5-13/h4-9,11H,10H2,1-3H3,(H,21,24). The second-order valence-electron chi connectivity index (χ2n) is 6.03. The second kappa shape index (κ2) is 6.39. The first-order valence-electron chi connectivity index (χ1n) is 7.83. The summed E-state index contributed by atoms with van der Waals surface area (Å²) in [5.41, 5.74) is 3.24. The number of rotatable bonds is 4. The van der Waals surface area contributed by atoms with Crippen LogP contribution in [0.15, 0.2) is 36.5 Å². The van der Waals surface area contributed by atoms with Crippen molar-refractivity contribution in [1.29, 1.82) is 0 Å². The number of nitrogens with zero attached hydrogens (tertiary/aromatic N) is 3. The Morgan fingerprint density at radius 2 is 1.96 bits per heavy atom. The maximum absolute atomic E-state index is 13.2. The number of carbonyl (C=O) groups is 1. The molecule has 3 rings (SSSR count). The molecule has 124 valence electrons. The van der Waals surface area contributed by atoms with Crippen molar-refractivity contribution in [2.24, 2.45) is 0 Å². The molecule has 0 fully saturated rings. The molecule has 0 aliphatic carbocycles. The van der Waals surface area contributed by atoms with Gasteiger partial charge in [0.2, 0.25) is 5.91 Å². The highest BCUT2D eigenvalue weighted by atomic mass is 19.1. The van der Waals surface area contributed by atoms with Gasteiger partial charge in [-0.2, -0.15) is 5.10 Å². The number of aryl methyl sites for hydroxylation is 1. The molecule has 0 spiro atoms. The summed E-state index contributed by atoms with van der Waals surface area (Å²) < 4.78 is 14.8. The normalized spacial score (nSPS) is 11.2. The topological polar surface area (TPSA) is 59.8 Å². The first-order valence-corrected chi connectivity index (χ1v) is 7.83. The van der Waals surface area contributed by atoms with Gasteiger partial charge in [-0.3, -0.25) is 4.79 Å². The van der Waals surface area contributed by atoms with E-state index >= 15 is 0 Å². The molecular formula is C18H19FN4O. The number of carbonyl (C=O) groups excluding carboxylic acids is 1. The molecule has 1 amide bonds. The van der Waals surface area contributed by atoms with Crippen LogP contribution < -0.4 is 5.32 Å². The third-order valence-electron chi connectivity index (χ3n) is 3.71. The minimum Gasteiger partial charge on any atom is -0.352 e. The van der Waals surface area contributed by atoms with Gasteiger partial charge in [-0.15, -0.1) is 0 Å². The third kappa shape index (κ3) is 3.13. The number of benzene rings is 1. The minimum absolute atomic E-state index is 0.0724. The van der Waals surface area contributed by atoms with E-state index in [9.17, 15) is 9.18 Å². The number of nitrogens with one attached hydrogen (secondary N) is 1. The maximum atomic E-state index is 13.2. The first-order chi connectivity index (χ1) is 11.5. The molecule has 0 bridgehead atoms. The summed E-state index contributed by atoms with van der Waals surface area (Å²) in [6, 6.07) is 8.26. The Labute approximate surface area is 139 Å². The molecule has 0 saturated carbocycles. The van der Waals surface area contributed by atoms with E-state index in [1.807, 2.05) is 26.8 Å². The van der Waals surface area contributed by atoms with Crippen LogP contribution in [0.2, 0.25) is 0 Å². The molecule has 1 N–H and O–H groups in total. The van der Waals surface area contributed by atoms with E-state index in [1.165, 1.54) is 12.1 Å². The van der Waals surface area contributed by atoms with E-state index in [-0.39, 0.29) is 24.3 Å². The fourth-order valence-electron chi connectivity index (χ4n) is 2.77. The zero-order valence-electron chi connectivity index (χ0n) is 13.9. The van der Waals surface area contributed by atoms with E-state index in [1.54, 1.807) is 23.0 Å². The Bertz CT molecular complexity index is 884. The van der Waals surface area contributed by atoms with Gasteiger partial charge >= 0.3 is 0 Å². The minimum atomic E-state index is -0.276. The largest absolute Gasteiger partial charge is 0.352 e. The Hall–Kier alpha value is -2.76. The lowest BCUT2D eigenvalue weighted by Gasteiger charge is -2.09. The van der Waals surface area contributed by atoms with Gasteiger partial charge in [0.05, 0.1) is 5.69 Å². The molecule has 0 aliphatic rings. The molecule has 0 unspecified atom stereocenters. The fourth-order valence-corrected chi connectivity index (χ4v) is 2.77. The van der Waals surface area contributed by atoms with Crippen LogP contribution in [0.1, 0.15) is 19.5 Å². The number of pyridine rings is 1. The highest BCUT2D eigenvalue weighted by Gasteiger charge is 2.16. The van der Waals surface area contributed by atoms with Crippen molar-refractivity contribution >= 4 is 16.9 Å². The van der Waals surface area contributed by atoms with Crippen LogP contribution >= 0.6 is 0 Å². The van der Waals surface area contributed by atoms with E-state index in [0.717, 1.165) is 22.2 Å². The van der Waals surface area contributed by atoms with E-state index in [4.69, 9.17) is 0 Å². The van der Waals surface area contributed by atoms with Gasteiger partial charge in [0.1, 0.15) is 12.4 Å². The summed E-state index contributed by atoms with van der Waals surface area (Å²) in [7, 11) is 0. The number of halogens is 1. The van der Waals surface area contributed by atoms with Gasteiger partial charge in [0, 0.05) is 17.6 Å². The van der Waals surface area contributed by atoms with Crippen LogP contribution in [0, 0.1) is 12.7 Å². The van der Waals surface area contributed by atoms with Gasteiger partial charge in [0.25, 0.3) is 0 Å². The maximum Gasteiger partial charge on any atom is 0.242 e. The molecular weight excluding hydrogens is 307 g/mol. The van der Waals surface area contributed by atoms with Crippen molar-refractivity contribution in [3.63, 3.8) is 0 Å². The van der Waals surface area contributed by atoms with Crippen LogP contribution in [0.25, 0.3) is 22.2 Å². The molecule has 1 aromatic carbocycles. The lowest BCUT2D eigenvalue weighted by atomic mass is 10.0. The monoisotopic (exact) mass is 326 g/mol.